The van der Waals surface area contributed by atoms with E-state index in [1.807, 2.05) is 5.32 Å². The van der Waals surface area contributed by atoms with E-state index in [9.17, 15) is 26.7 Å². The minimum Gasteiger partial charge on any atom is -0.478 e. The van der Waals surface area contributed by atoms with Gasteiger partial charge in [-0.2, -0.15) is 0 Å². The quantitative estimate of drug-likeness (QED) is 0.519. The maximum Gasteiger partial charge on any atom is 0.335 e. The van der Waals surface area contributed by atoms with E-state index in [1.54, 1.807) is 0 Å². The Balaban J connectivity index is 2.50. The third-order valence-corrected chi connectivity index (χ3v) is 2.47. The minimum atomic E-state index is -2.29. The number of aromatic carboxylic acids is 1. The van der Waals surface area contributed by atoms with Crippen LogP contribution in [0.25, 0.3) is 0 Å². The molecule has 2 aromatic rings. The highest BCUT2D eigenvalue weighted by Crippen LogP contribution is 2.29. The Labute approximate surface area is 113 Å². The van der Waals surface area contributed by atoms with Gasteiger partial charge >= 0.3 is 5.97 Å². The van der Waals surface area contributed by atoms with Crippen LogP contribution >= 0.6 is 0 Å². The van der Waals surface area contributed by atoms with Gasteiger partial charge in [-0.15, -0.1) is 0 Å². The number of halogens is 5. The first-order valence-electron chi connectivity index (χ1n) is 5.30. The van der Waals surface area contributed by atoms with Gasteiger partial charge in [0.05, 0.1) is 5.56 Å². The number of nitrogens with zero attached hydrogens (tertiary/aromatic N) is 1. The molecule has 1 aromatic heterocycles. The molecule has 0 saturated carbocycles. The number of pyridine rings is 1. The molecule has 0 unspecified atom stereocenters. The van der Waals surface area contributed by atoms with Crippen LogP contribution in [-0.4, -0.2) is 16.1 Å². The van der Waals surface area contributed by atoms with Gasteiger partial charge < -0.3 is 10.4 Å². The molecule has 0 aliphatic rings. The molecule has 9 heteroatoms. The van der Waals surface area contributed by atoms with Gasteiger partial charge in [0.15, 0.2) is 23.3 Å². The van der Waals surface area contributed by atoms with Crippen LogP contribution in [0.2, 0.25) is 0 Å². The summed E-state index contributed by atoms with van der Waals surface area (Å²) in [7, 11) is 0. The zero-order chi connectivity index (χ0) is 15.7. The van der Waals surface area contributed by atoms with Gasteiger partial charge in [-0.1, -0.05) is 0 Å². The third-order valence-electron chi connectivity index (χ3n) is 2.47. The highest BCUT2D eigenvalue weighted by atomic mass is 19.2. The first-order chi connectivity index (χ1) is 9.82. The second kappa shape index (κ2) is 5.35. The van der Waals surface area contributed by atoms with E-state index in [4.69, 9.17) is 5.11 Å². The fourth-order valence-corrected chi connectivity index (χ4v) is 1.47. The summed E-state index contributed by atoms with van der Waals surface area (Å²) >= 11 is 0. The van der Waals surface area contributed by atoms with Crippen LogP contribution in [0.1, 0.15) is 10.4 Å². The Morgan fingerprint density at radius 3 is 2.05 bits per heavy atom. The van der Waals surface area contributed by atoms with Crippen molar-refractivity contribution in [3.05, 3.63) is 53.0 Å². The van der Waals surface area contributed by atoms with Crippen LogP contribution in [0, 0.1) is 29.1 Å². The summed E-state index contributed by atoms with van der Waals surface area (Å²) in [5.74, 6) is -12.4. The first kappa shape index (κ1) is 14.7. The SMILES string of the molecule is O=C(O)c1ccnc(Nc2c(F)c(F)c(F)c(F)c2F)c1. The lowest BCUT2D eigenvalue weighted by molar-refractivity contribution is 0.0697. The number of nitrogens with one attached hydrogen (secondary N) is 1. The second-order valence-electron chi connectivity index (χ2n) is 3.80. The predicted octanol–water partition coefficient (Wildman–Crippen LogP) is 3.22. The molecule has 0 bridgehead atoms. The summed E-state index contributed by atoms with van der Waals surface area (Å²) in [5.41, 5.74) is -1.60. The lowest BCUT2D eigenvalue weighted by atomic mass is 10.2. The number of benzene rings is 1. The molecule has 0 atom stereocenters. The molecule has 0 saturated heterocycles. The van der Waals surface area contributed by atoms with Gasteiger partial charge in [-0.25, -0.2) is 31.7 Å². The van der Waals surface area contributed by atoms with E-state index in [-0.39, 0.29) is 5.56 Å². The maximum atomic E-state index is 13.4. The highest BCUT2D eigenvalue weighted by molar-refractivity contribution is 5.88. The summed E-state index contributed by atoms with van der Waals surface area (Å²) in [6.07, 6.45) is 0.998. The van der Waals surface area contributed by atoms with E-state index < -0.39 is 46.6 Å². The lowest BCUT2D eigenvalue weighted by Crippen LogP contribution is -2.08. The van der Waals surface area contributed by atoms with Crippen molar-refractivity contribution in [1.29, 1.82) is 0 Å². The molecule has 0 fully saturated rings. The van der Waals surface area contributed by atoms with Crippen molar-refractivity contribution in [3.8, 4) is 0 Å². The standard InChI is InChI=1S/C12H5F5N2O2/c13-6-7(14)9(16)11(10(17)8(6)15)19-5-3-4(12(20)21)1-2-18-5/h1-3H,(H,18,19)(H,20,21). The number of hydrogen-bond donors (Lipinski definition) is 2. The fourth-order valence-electron chi connectivity index (χ4n) is 1.47. The second-order valence-corrected chi connectivity index (χ2v) is 3.80. The fraction of sp³-hybridized carbons (Fsp3) is 0. The number of anilines is 2. The number of carboxylic acids is 1. The average molecular weight is 304 g/mol. The van der Waals surface area contributed by atoms with Gasteiger partial charge in [0.25, 0.3) is 0 Å². The Morgan fingerprint density at radius 2 is 1.52 bits per heavy atom. The summed E-state index contributed by atoms with van der Waals surface area (Å²) in [6, 6.07) is 1.96. The van der Waals surface area contributed by atoms with Crippen LogP contribution in [0.15, 0.2) is 18.3 Å². The predicted molar refractivity (Wildman–Crippen MR) is 60.7 cm³/mol. The van der Waals surface area contributed by atoms with Crippen molar-refractivity contribution in [3.63, 3.8) is 0 Å². The first-order valence-corrected chi connectivity index (χ1v) is 5.30. The highest BCUT2D eigenvalue weighted by Gasteiger charge is 2.26. The summed E-state index contributed by atoms with van der Waals surface area (Å²) in [5, 5.41) is 10.6. The molecule has 0 spiro atoms. The molecule has 1 aromatic carbocycles. The van der Waals surface area contributed by atoms with E-state index in [1.165, 1.54) is 0 Å². The smallest absolute Gasteiger partial charge is 0.335 e. The summed E-state index contributed by atoms with van der Waals surface area (Å²) in [6.45, 7) is 0. The van der Waals surface area contributed by atoms with Gasteiger partial charge in [0.2, 0.25) is 5.82 Å². The molecule has 110 valence electrons. The maximum absolute atomic E-state index is 13.4. The normalized spacial score (nSPS) is 10.5. The summed E-state index contributed by atoms with van der Waals surface area (Å²) < 4.78 is 65.7. The van der Waals surface area contributed by atoms with Crippen LogP contribution in [-0.2, 0) is 0 Å². The Hall–Kier alpha value is -2.71. The lowest BCUT2D eigenvalue weighted by Gasteiger charge is -2.10. The molecular formula is C12H5F5N2O2. The molecule has 0 aliphatic heterocycles. The van der Waals surface area contributed by atoms with E-state index in [0.29, 0.717) is 0 Å². The number of hydrogen-bond acceptors (Lipinski definition) is 3. The van der Waals surface area contributed by atoms with Gasteiger partial charge in [-0.3, -0.25) is 0 Å². The molecule has 4 nitrogen and oxygen atoms in total. The van der Waals surface area contributed by atoms with Crippen LogP contribution < -0.4 is 5.32 Å². The van der Waals surface area contributed by atoms with Crippen molar-refractivity contribution >= 4 is 17.5 Å². The largest absolute Gasteiger partial charge is 0.478 e. The van der Waals surface area contributed by atoms with Crippen molar-refractivity contribution in [2.75, 3.05) is 5.32 Å². The number of carboxylic acid groups (broad SMARTS) is 1. The zero-order valence-electron chi connectivity index (χ0n) is 9.92. The number of aromatic nitrogens is 1. The topological polar surface area (TPSA) is 62.2 Å². The van der Waals surface area contributed by atoms with Crippen LogP contribution in [0.3, 0.4) is 0 Å². The Kier molecular flexibility index (Phi) is 3.74. The molecule has 21 heavy (non-hydrogen) atoms. The Morgan fingerprint density at radius 1 is 1.00 bits per heavy atom. The molecular weight excluding hydrogens is 299 g/mol. The minimum absolute atomic E-state index is 0.281. The number of carbonyl (C=O) groups is 1. The molecule has 0 amide bonds. The van der Waals surface area contributed by atoms with E-state index in [2.05, 4.69) is 4.98 Å². The molecule has 2 N–H and O–H groups in total. The van der Waals surface area contributed by atoms with E-state index in [0.717, 1.165) is 18.3 Å². The van der Waals surface area contributed by atoms with Crippen LogP contribution in [0.5, 0.6) is 0 Å². The molecule has 0 radical (unpaired) electrons. The van der Waals surface area contributed by atoms with Gasteiger partial charge in [-0.05, 0) is 12.1 Å². The number of rotatable bonds is 3. The molecule has 0 aliphatic carbocycles. The van der Waals surface area contributed by atoms with Gasteiger partial charge in [0.1, 0.15) is 11.5 Å². The third kappa shape index (κ3) is 2.62. The monoisotopic (exact) mass is 304 g/mol. The van der Waals surface area contributed by atoms with Crippen molar-refractivity contribution in [2.24, 2.45) is 0 Å². The summed E-state index contributed by atoms with van der Waals surface area (Å²) in [4.78, 5) is 14.3. The van der Waals surface area contributed by atoms with Gasteiger partial charge in [0, 0.05) is 6.20 Å². The molecule has 2 rings (SSSR count). The average Bonchev–Trinajstić information content (AvgIpc) is 2.48. The van der Waals surface area contributed by atoms with Crippen molar-refractivity contribution in [2.45, 2.75) is 0 Å². The van der Waals surface area contributed by atoms with Crippen LogP contribution in [0.4, 0.5) is 33.5 Å². The van der Waals surface area contributed by atoms with Crippen molar-refractivity contribution in [1.82, 2.24) is 4.98 Å². The van der Waals surface area contributed by atoms with Crippen molar-refractivity contribution < 1.29 is 31.9 Å². The van der Waals surface area contributed by atoms with E-state index >= 15 is 0 Å². The zero-order valence-corrected chi connectivity index (χ0v) is 9.92. The molecule has 1 heterocycles. The Bertz CT molecular complexity index is 707.